The Hall–Kier alpha value is -1.30. The number of carbonyl (C=O) groups is 1. The summed E-state index contributed by atoms with van der Waals surface area (Å²) in [7, 11) is 0. The number of nitrogens with one attached hydrogen (secondary N) is 1. The summed E-state index contributed by atoms with van der Waals surface area (Å²) in [4.78, 5) is 11.1. The van der Waals surface area contributed by atoms with E-state index >= 15 is 0 Å². The molecule has 0 radical (unpaired) electrons. The molecule has 2 nitrogen and oxygen atoms in total. The van der Waals surface area contributed by atoms with Crippen LogP contribution in [0.1, 0.15) is 11.8 Å². The Morgan fingerprint density at radius 3 is 2.60 bits per heavy atom. The van der Waals surface area contributed by atoms with Gasteiger partial charge in [-0.3, -0.25) is 4.79 Å². The molecule has 0 aliphatic heterocycles. The summed E-state index contributed by atoms with van der Waals surface area (Å²) in [5.41, 5.74) is -0.218. The van der Waals surface area contributed by atoms with Crippen LogP contribution in [-0.4, -0.2) is 12.1 Å². The summed E-state index contributed by atoms with van der Waals surface area (Å²) < 4.78 is 36.4. The second-order valence-electron chi connectivity index (χ2n) is 2.76. The Morgan fingerprint density at radius 1 is 1.53 bits per heavy atom. The predicted molar refractivity (Wildman–Crippen MR) is 52.2 cm³/mol. The van der Waals surface area contributed by atoms with Crippen LogP contribution in [0.15, 0.2) is 23.6 Å². The zero-order chi connectivity index (χ0) is 11.5. The van der Waals surface area contributed by atoms with Gasteiger partial charge in [-0.15, -0.1) is 11.3 Å². The van der Waals surface area contributed by atoms with E-state index < -0.39 is 12.1 Å². The van der Waals surface area contributed by atoms with Crippen molar-refractivity contribution in [1.82, 2.24) is 5.32 Å². The van der Waals surface area contributed by atoms with Gasteiger partial charge in [0.15, 0.2) is 0 Å². The van der Waals surface area contributed by atoms with Crippen molar-refractivity contribution in [1.29, 1.82) is 0 Å². The zero-order valence-corrected chi connectivity index (χ0v) is 8.58. The standard InChI is InChI=1S/C9H8F3NOS/c1-6(14)13-7(5-9(10,11)12)8-3-2-4-15-8/h2-5H,1H3,(H,13,14)/b7-5+. The highest BCUT2D eigenvalue weighted by molar-refractivity contribution is 7.11. The lowest BCUT2D eigenvalue weighted by atomic mass is 10.3. The molecule has 0 fully saturated rings. The van der Waals surface area contributed by atoms with Crippen LogP contribution < -0.4 is 5.32 Å². The third kappa shape index (κ3) is 4.16. The minimum Gasteiger partial charge on any atom is -0.325 e. The predicted octanol–water partition coefficient (Wildman–Crippen LogP) is 2.79. The number of amides is 1. The minimum absolute atomic E-state index is 0.0836. The smallest absolute Gasteiger partial charge is 0.325 e. The average Bonchev–Trinajstić information content (AvgIpc) is 2.50. The van der Waals surface area contributed by atoms with Crippen molar-refractivity contribution in [2.75, 3.05) is 0 Å². The molecule has 6 heteroatoms. The molecule has 1 amide bonds. The van der Waals surface area contributed by atoms with E-state index in [1.54, 1.807) is 11.4 Å². The number of hydrogen-bond donors (Lipinski definition) is 1. The van der Waals surface area contributed by atoms with E-state index in [1.807, 2.05) is 0 Å². The van der Waals surface area contributed by atoms with Gasteiger partial charge in [-0.1, -0.05) is 6.07 Å². The van der Waals surface area contributed by atoms with Gasteiger partial charge in [-0.2, -0.15) is 13.2 Å². The van der Waals surface area contributed by atoms with Gasteiger partial charge in [-0.05, 0) is 11.4 Å². The molecule has 1 aromatic heterocycles. The number of rotatable bonds is 2. The highest BCUT2D eigenvalue weighted by Crippen LogP contribution is 2.24. The lowest BCUT2D eigenvalue weighted by molar-refractivity contribution is -0.117. The van der Waals surface area contributed by atoms with Crippen LogP contribution in [-0.2, 0) is 4.79 Å². The maximum atomic E-state index is 12.1. The molecule has 0 aromatic carbocycles. The van der Waals surface area contributed by atoms with Crippen LogP contribution in [0.25, 0.3) is 5.70 Å². The third-order valence-corrected chi connectivity index (χ3v) is 2.31. The Balaban J connectivity index is 2.99. The van der Waals surface area contributed by atoms with Crippen molar-refractivity contribution in [3.8, 4) is 0 Å². The van der Waals surface area contributed by atoms with Crippen LogP contribution in [0.4, 0.5) is 13.2 Å². The van der Waals surface area contributed by atoms with Crippen molar-refractivity contribution in [3.05, 3.63) is 28.5 Å². The normalized spacial score (nSPS) is 12.7. The van der Waals surface area contributed by atoms with Gasteiger partial charge in [-0.25, -0.2) is 0 Å². The first-order valence-electron chi connectivity index (χ1n) is 3.99. The quantitative estimate of drug-likeness (QED) is 0.839. The van der Waals surface area contributed by atoms with E-state index in [0.717, 1.165) is 18.3 Å². The van der Waals surface area contributed by atoms with E-state index in [-0.39, 0.29) is 11.8 Å². The van der Waals surface area contributed by atoms with Gasteiger partial charge in [0, 0.05) is 13.0 Å². The first-order valence-corrected chi connectivity index (χ1v) is 4.87. The molecule has 0 unspecified atom stereocenters. The van der Waals surface area contributed by atoms with Crippen molar-refractivity contribution in [2.45, 2.75) is 13.1 Å². The fourth-order valence-corrected chi connectivity index (χ4v) is 1.65. The molecule has 0 saturated carbocycles. The Kier molecular flexibility index (Phi) is 3.52. The number of carbonyl (C=O) groups excluding carboxylic acids is 1. The van der Waals surface area contributed by atoms with E-state index in [9.17, 15) is 18.0 Å². The number of thiophene rings is 1. The van der Waals surface area contributed by atoms with Gasteiger partial charge in [0.05, 0.1) is 10.6 Å². The molecule has 0 aliphatic carbocycles. The van der Waals surface area contributed by atoms with Gasteiger partial charge >= 0.3 is 6.18 Å². The molecule has 0 saturated heterocycles. The molecule has 82 valence electrons. The SMILES string of the molecule is CC(=O)N/C(=C/C(F)(F)F)c1cccs1. The van der Waals surface area contributed by atoms with Crippen LogP contribution in [0.5, 0.6) is 0 Å². The highest BCUT2D eigenvalue weighted by Gasteiger charge is 2.25. The average molecular weight is 235 g/mol. The molecule has 1 rings (SSSR count). The van der Waals surface area contributed by atoms with E-state index in [2.05, 4.69) is 5.32 Å². The molecule has 0 aliphatic rings. The fourth-order valence-electron chi connectivity index (χ4n) is 0.954. The van der Waals surface area contributed by atoms with Crippen molar-refractivity contribution in [2.24, 2.45) is 0 Å². The largest absolute Gasteiger partial charge is 0.411 e. The van der Waals surface area contributed by atoms with Crippen LogP contribution in [0.2, 0.25) is 0 Å². The number of allylic oxidation sites excluding steroid dienone is 1. The summed E-state index contributed by atoms with van der Waals surface area (Å²) in [6.45, 7) is 1.16. The molecule has 1 N–H and O–H groups in total. The van der Waals surface area contributed by atoms with E-state index in [4.69, 9.17) is 0 Å². The summed E-state index contributed by atoms with van der Waals surface area (Å²) in [6.07, 6.45) is -4.36. The molecule has 1 aromatic rings. The van der Waals surface area contributed by atoms with Crippen LogP contribution >= 0.6 is 11.3 Å². The number of hydrogen-bond acceptors (Lipinski definition) is 2. The number of halogens is 3. The first kappa shape index (κ1) is 11.8. The second kappa shape index (κ2) is 4.48. The van der Waals surface area contributed by atoms with Crippen molar-refractivity contribution >= 4 is 22.9 Å². The van der Waals surface area contributed by atoms with Crippen molar-refractivity contribution < 1.29 is 18.0 Å². The van der Waals surface area contributed by atoms with Gasteiger partial charge in [0.2, 0.25) is 5.91 Å². The number of alkyl halides is 3. The molecular weight excluding hydrogens is 227 g/mol. The highest BCUT2D eigenvalue weighted by atomic mass is 32.1. The second-order valence-corrected chi connectivity index (χ2v) is 3.71. The zero-order valence-electron chi connectivity index (χ0n) is 7.76. The van der Waals surface area contributed by atoms with Gasteiger partial charge in [0.1, 0.15) is 0 Å². The maximum absolute atomic E-state index is 12.1. The summed E-state index contributed by atoms with van der Waals surface area (Å²) in [5, 5.41) is 3.79. The maximum Gasteiger partial charge on any atom is 0.411 e. The first-order chi connectivity index (χ1) is 6.88. The molecule has 0 bridgehead atoms. The monoisotopic (exact) mass is 235 g/mol. The Morgan fingerprint density at radius 2 is 2.20 bits per heavy atom. The van der Waals surface area contributed by atoms with Crippen LogP contribution in [0.3, 0.4) is 0 Å². The molecule has 0 spiro atoms. The molecule has 15 heavy (non-hydrogen) atoms. The minimum atomic E-state index is -4.44. The van der Waals surface area contributed by atoms with Crippen molar-refractivity contribution in [3.63, 3.8) is 0 Å². The Labute approximate surface area is 88.4 Å². The van der Waals surface area contributed by atoms with Crippen LogP contribution in [0, 0.1) is 0 Å². The van der Waals surface area contributed by atoms with Gasteiger partial charge < -0.3 is 5.32 Å². The molecule has 1 heterocycles. The lowest BCUT2D eigenvalue weighted by Gasteiger charge is -2.07. The molecule has 0 atom stereocenters. The van der Waals surface area contributed by atoms with E-state index in [0.29, 0.717) is 4.88 Å². The Bertz CT molecular complexity index is 367. The third-order valence-electron chi connectivity index (χ3n) is 1.41. The fraction of sp³-hybridized carbons (Fsp3) is 0.222. The lowest BCUT2D eigenvalue weighted by Crippen LogP contribution is -2.19. The van der Waals surface area contributed by atoms with E-state index in [1.165, 1.54) is 6.07 Å². The van der Waals surface area contributed by atoms with Gasteiger partial charge in [0.25, 0.3) is 0 Å². The topological polar surface area (TPSA) is 29.1 Å². The summed E-state index contributed by atoms with van der Waals surface area (Å²) >= 11 is 1.13. The molecular formula is C9H8F3NOS. The summed E-state index contributed by atoms with van der Waals surface area (Å²) in [5.74, 6) is -0.529. The summed E-state index contributed by atoms with van der Waals surface area (Å²) in [6, 6.07) is 3.13.